The predicted octanol–water partition coefficient (Wildman–Crippen LogP) is 13.4. The minimum atomic E-state index is 0.898. The Bertz CT molecular complexity index is 221. The van der Waals surface area contributed by atoms with E-state index in [1.54, 1.807) is 0 Å². The molecule has 0 rings (SSSR count). The third kappa shape index (κ3) is 88.9. The van der Waals surface area contributed by atoms with Crippen LogP contribution in [0.5, 0.6) is 0 Å². The molecule has 0 saturated carbocycles. The molecule has 0 saturated heterocycles. The Balaban J connectivity index is -0.0000000992. The quantitative estimate of drug-likeness (QED) is 0.250. The molecule has 0 nitrogen and oxygen atoms in total. The maximum Gasteiger partial charge on any atom is -0.0471 e. The SMILES string of the molecule is CCCC(C)C.CCCC(C)C.CCCCC(C)C.CCCCC(C)C.CCCCC(C)C. The summed E-state index contributed by atoms with van der Waals surface area (Å²) in [4.78, 5) is 0. The summed E-state index contributed by atoms with van der Waals surface area (Å²) in [5.41, 5.74) is 0. The molecule has 0 fully saturated rings. The van der Waals surface area contributed by atoms with Crippen LogP contribution >= 0.6 is 0 Å². The molecular weight excluding hydrogens is 396 g/mol. The topological polar surface area (TPSA) is 0 Å². The minimum absolute atomic E-state index is 0.898. The van der Waals surface area contributed by atoms with Gasteiger partial charge in [0.2, 0.25) is 0 Å². The molecule has 0 aliphatic heterocycles. The third-order valence-corrected chi connectivity index (χ3v) is 5.14. The van der Waals surface area contributed by atoms with Crippen molar-refractivity contribution in [3.8, 4) is 0 Å². The van der Waals surface area contributed by atoms with Gasteiger partial charge in [-0.15, -0.1) is 0 Å². The van der Waals surface area contributed by atoms with Gasteiger partial charge in [0.15, 0.2) is 0 Å². The summed E-state index contributed by atoms with van der Waals surface area (Å²) in [6.07, 6.45) is 17.8. The fourth-order valence-electron chi connectivity index (χ4n) is 2.99. The van der Waals surface area contributed by atoms with Crippen LogP contribution < -0.4 is 0 Å². The molecule has 208 valence electrons. The van der Waals surface area contributed by atoms with Gasteiger partial charge in [-0.05, 0) is 29.6 Å². The molecule has 0 aromatic heterocycles. The van der Waals surface area contributed by atoms with Gasteiger partial charge in [-0.1, -0.05) is 187 Å². The van der Waals surface area contributed by atoms with Crippen molar-refractivity contribution in [3.05, 3.63) is 0 Å². The Morgan fingerprint density at radius 1 is 0.273 bits per heavy atom. The number of hydrogen-bond donors (Lipinski definition) is 0. The molecule has 0 aromatic carbocycles. The van der Waals surface area contributed by atoms with Crippen LogP contribution in [-0.4, -0.2) is 0 Å². The van der Waals surface area contributed by atoms with Crippen LogP contribution in [0.25, 0.3) is 0 Å². The number of unbranched alkanes of at least 4 members (excludes halogenated alkanes) is 3. The highest BCUT2D eigenvalue weighted by Crippen LogP contribution is 2.05. The lowest BCUT2D eigenvalue weighted by Gasteiger charge is -1.98. The van der Waals surface area contributed by atoms with Crippen LogP contribution in [0.2, 0.25) is 0 Å². The zero-order valence-corrected chi connectivity index (χ0v) is 27.1. The van der Waals surface area contributed by atoms with Crippen molar-refractivity contribution < 1.29 is 0 Å². The Kier molecular flexibility index (Phi) is 51.2. The summed E-state index contributed by atoms with van der Waals surface area (Å²) in [5, 5.41) is 0. The van der Waals surface area contributed by atoms with E-state index in [1.165, 1.54) is 83.5 Å². The average Bonchev–Trinajstić information content (AvgIpc) is 2.70. The number of rotatable bonds is 13. The third-order valence-electron chi connectivity index (χ3n) is 5.14. The van der Waals surface area contributed by atoms with Gasteiger partial charge in [0.25, 0.3) is 0 Å². The first-order chi connectivity index (χ1) is 15.4. The Morgan fingerprint density at radius 2 is 0.455 bits per heavy atom. The normalized spacial score (nSPS) is 10.2. The molecule has 0 spiro atoms. The van der Waals surface area contributed by atoms with Gasteiger partial charge < -0.3 is 0 Å². The second-order valence-electron chi connectivity index (χ2n) is 12.0. The Hall–Kier alpha value is 0. The second-order valence-corrected chi connectivity index (χ2v) is 12.0. The highest BCUT2D eigenvalue weighted by atomic mass is 14.0. The predicted molar refractivity (Wildman–Crippen MR) is 163 cm³/mol. The monoisotopic (exact) mass is 473 g/mol. The molecule has 0 radical (unpaired) electrons. The van der Waals surface area contributed by atoms with Gasteiger partial charge in [0.05, 0.1) is 0 Å². The Morgan fingerprint density at radius 3 is 0.485 bits per heavy atom. The first-order valence-electron chi connectivity index (χ1n) is 15.4. The standard InChI is InChI=1S/3C7H16.2C6H14/c3*1-4-5-6-7(2)3;2*1-4-5-6(2)3/h3*7H,4-6H2,1-3H3;2*6H,4-5H2,1-3H3. The molecule has 0 aliphatic carbocycles. The van der Waals surface area contributed by atoms with Crippen LogP contribution in [-0.2, 0) is 0 Å². The van der Waals surface area contributed by atoms with Gasteiger partial charge in [0, 0.05) is 0 Å². The zero-order chi connectivity index (χ0) is 27.1. The van der Waals surface area contributed by atoms with E-state index < -0.39 is 0 Å². The molecular formula is C33H76. The molecule has 0 amide bonds. The van der Waals surface area contributed by atoms with Gasteiger partial charge in [-0.3, -0.25) is 0 Å². The smallest absolute Gasteiger partial charge is 0.0471 e. The maximum absolute atomic E-state index is 2.27. The molecule has 0 aromatic rings. The van der Waals surface area contributed by atoms with Crippen molar-refractivity contribution in [2.24, 2.45) is 29.6 Å². The summed E-state index contributed by atoms with van der Waals surface area (Å²) in [7, 11) is 0. The van der Waals surface area contributed by atoms with Crippen molar-refractivity contribution in [3.63, 3.8) is 0 Å². The van der Waals surface area contributed by atoms with E-state index in [0.29, 0.717) is 0 Å². The largest absolute Gasteiger partial charge is 0.0654 e. The summed E-state index contributed by atoms with van der Waals surface area (Å²) in [5.74, 6) is 4.50. The molecule has 0 atom stereocenters. The van der Waals surface area contributed by atoms with Crippen LogP contribution in [0, 0.1) is 29.6 Å². The number of hydrogen-bond acceptors (Lipinski definition) is 0. The van der Waals surface area contributed by atoms with Gasteiger partial charge >= 0.3 is 0 Å². The molecule has 0 heterocycles. The van der Waals surface area contributed by atoms with Crippen LogP contribution in [0.3, 0.4) is 0 Å². The minimum Gasteiger partial charge on any atom is -0.0654 e. The highest BCUT2D eigenvalue weighted by Gasteiger charge is 1.90. The van der Waals surface area contributed by atoms with Gasteiger partial charge in [-0.2, -0.15) is 0 Å². The fraction of sp³-hybridized carbons (Fsp3) is 1.00. The second kappa shape index (κ2) is 39.2. The van der Waals surface area contributed by atoms with Gasteiger partial charge in [-0.25, -0.2) is 0 Å². The van der Waals surface area contributed by atoms with E-state index in [4.69, 9.17) is 0 Å². The molecule has 0 N–H and O–H groups in total. The Labute approximate surface area is 216 Å². The van der Waals surface area contributed by atoms with Gasteiger partial charge in [0.1, 0.15) is 0 Å². The molecule has 0 unspecified atom stereocenters. The molecule has 33 heavy (non-hydrogen) atoms. The fourth-order valence-corrected chi connectivity index (χ4v) is 2.99. The lowest BCUT2D eigenvalue weighted by atomic mass is 10.1. The highest BCUT2D eigenvalue weighted by molar-refractivity contribution is 4.43. The summed E-state index contributed by atoms with van der Waals surface area (Å²) in [6, 6.07) is 0. The lowest BCUT2D eigenvalue weighted by molar-refractivity contribution is 0.550. The maximum atomic E-state index is 2.27. The lowest BCUT2D eigenvalue weighted by Crippen LogP contribution is -1.83. The van der Waals surface area contributed by atoms with E-state index in [2.05, 4.69) is 104 Å². The van der Waals surface area contributed by atoms with E-state index in [1.807, 2.05) is 0 Å². The first-order valence-corrected chi connectivity index (χ1v) is 15.4. The van der Waals surface area contributed by atoms with Crippen LogP contribution in [0.1, 0.15) is 187 Å². The molecule has 0 heteroatoms. The molecule has 0 bridgehead atoms. The van der Waals surface area contributed by atoms with Crippen molar-refractivity contribution in [1.82, 2.24) is 0 Å². The van der Waals surface area contributed by atoms with E-state index >= 15 is 0 Å². The summed E-state index contributed by atoms with van der Waals surface area (Å²) >= 11 is 0. The van der Waals surface area contributed by atoms with Crippen molar-refractivity contribution in [2.45, 2.75) is 187 Å². The van der Waals surface area contributed by atoms with Crippen molar-refractivity contribution in [2.75, 3.05) is 0 Å². The van der Waals surface area contributed by atoms with E-state index in [0.717, 1.165) is 29.6 Å². The van der Waals surface area contributed by atoms with E-state index in [9.17, 15) is 0 Å². The summed E-state index contributed by atoms with van der Waals surface area (Å²) in [6.45, 7) is 33.8. The van der Waals surface area contributed by atoms with Crippen LogP contribution in [0.4, 0.5) is 0 Å². The zero-order valence-electron chi connectivity index (χ0n) is 27.1. The summed E-state index contributed by atoms with van der Waals surface area (Å²) < 4.78 is 0. The average molecular weight is 473 g/mol. The first kappa shape index (κ1) is 43.1. The van der Waals surface area contributed by atoms with Crippen molar-refractivity contribution in [1.29, 1.82) is 0 Å². The van der Waals surface area contributed by atoms with Crippen molar-refractivity contribution >= 4 is 0 Å². The van der Waals surface area contributed by atoms with E-state index in [-0.39, 0.29) is 0 Å². The van der Waals surface area contributed by atoms with Crippen LogP contribution in [0.15, 0.2) is 0 Å². The molecule has 0 aliphatic rings.